The van der Waals surface area contributed by atoms with Crippen LogP contribution in [-0.2, 0) is 11.2 Å². The van der Waals surface area contributed by atoms with E-state index in [1.165, 1.54) is 0 Å². The maximum absolute atomic E-state index is 12.1. The number of amides is 1. The molecule has 2 heterocycles. The van der Waals surface area contributed by atoms with Crippen LogP contribution in [0.5, 0.6) is 0 Å². The van der Waals surface area contributed by atoms with Crippen molar-refractivity contribution in [2.45, 2.75) is 64.5 Å². The van der Waals surface area contributed by atoms with E-state index < -0.39 is 0 Å². The van der Waals surface area contributed by atoms with Crippen molar-refractivity contribution in [2.75, 3.05) is 0 Å². The molecule has 1 aliphatic carbocycles. The van der Waals surface area contributed by atoms with Crippen molar-refractivity contribution in [3.8, 4) is 0 Å². The summed E-state index contributed by atoms with van der Waals surface area (Å²) in [5.41, 5.74) is 3.23. The molecule has 124 valence electrons. The number of nitrogens with zero attached hydrogens (tertiary/aromatic N) is 4. The standard InChI is InChI=1S/C16H24N6O/c1-11-12(2)20-21-15(11)7-8-16(23)19-13-3-5-14(6-4-13)22-9-17-18-10-22/h9-10,13-14H,3-8H2,1-2H3,(H,19,23)(H,20,21). The summed E-state index contributed by atoms with van der Waals surface area (Å²) in [5, 5.41) is 18.1. The molecule has 0 aliphatic heterocycles. The van der Waals surface area contributed by atoms with Crippen LogP contribution >= 0.6 is 0 Å². The van der Waals surface area contributed by atoms with Crippen LogP contribution in [0.25, 0.3) is 0 Å². The smallest absolute Gasteiger partial charge is 0.220 e. The first-order valence-electron chi connectivity index (χ1n) is 8.27. The third kappa shape index (κ3) is 3.78. The van der Waals surface area contributed by atoms with Gasteiger partial charge in [0.1, 0.15) is 12.7 Å². The van der Waals surface area contributed by atoms with Gasteiger partial charge in [-0.15, -0.1) is 10.2 Å². The molecule has 0 saturated heterocycles. The molecule has 2 aromatic rings. The van der Waals surface area contributed by atoms with Crippen LogP contribution in [0.15, 0.2) is 12.7 Å². The number of carbonyl (C=O) groups excluding carboxylic acids is 1. The molecule has 0 spiro atoms. The molecule has 0 aromatic carbocycles. The Morgan fingerprint density at radius 3 is 2.57 bits per heavy atom. The topological polar surface area (TPSA) is 88.5 Å². The fraction of sp³-hybridized carbons (Fsp3) is 0.625. The fourth-order valence-corrected chi connectivity index (χ4v) is 3.23. The Morgan fingerprint density at radius 2 is 1.96 bits per heavy atom. The molecule has 1 aliphatic rings. The van der Waals surface area contributed by atoms with Crippen molar-refractivity contribution < 1.29 is 4.79 Å². The minimum Gasteiger partial charge on any atom is -0.353 e. The molecule has 1 fully saturated rings. The van der Waals surface area contributed by atoms with Crippen molar-refractivity contribution in [3.63, 3.8) is 0 Å². The first-order valence-corrected chi connectivity index (χ1v) is 8.27. The third-order valence-corrected chi connectivity index (χ3v) is 4.86. The van der Waals surface area contributed by atoms with Crippen molar-refractivity contribution in [1.29, 1.82) is 0 Å². The second-order valence-electron chi connectivity index (χ2n) is 6.40. The summed E-state index contributed by atoms with van der Waals surface area (Å²) < 4.78 is 2.07. The van der Waals surface area contributed by atoms with Crippen molar-refractivity contribution >= 4 is 5.91 Å². The monoisotopic (exact) mass is 316 g/mol. The second kappa shape index (κ2) is 6.93. The molecule has 23 heavy (non-hydrogen) atoms. The fourth-order valence-electron chi connectivity index (χ4n) is 3.23. The average molecular weight is 316 g/mol. The Hall–Kier alpha value is -2.18. The molecule has 0 atom stereocenters. The Bertz CT molecular complexity index is 640. The number of H-pyrrole nitrogens is 1. The summed E-state index contributed by atoms with van der Waals surface area (Å²) in [6.07, 6.45) is 8.87. The van der Waals surface area contributed by atoms with E-state index >= 15 is 0 Å². The van der Waals surface area contributed by atoms with Gasteiger partial charge in [-0.3, -0.25) is 9.89 Å². The summed E-state index contributed by atoms with van der Waals surface area (Å²) in [4.78, 5) is 12.1. The lowest BCUT2D eigenvalue weighted by molar-refractivity contribution is -0.122. The molecule has 0 bridgehead atoms. The molecular weight excluding hydrogens is 292 g/mol. The first kappa shape index (κ1) is 15.7. The van der Waals surface area contributed by atoms with Crippen LogP contribution in [0, 0.1) is 13.8 Å². The Morgan fingerprint density at radius 1 is 1.26 bits per heavy atom. The molecule has 7 heteroatoms. The van der Waals surface area contributed by atoms with Crippen LogP contribution < -0.4 is 5.32 Å². The van der Waals surface area contributed by atoms with E-state index in [0.29, 0.717) is 18.9 Å². The van der Waals surface area contributed by atoms with E-state index in [4.69, 9.17) is 0 Å². The summed E-state index contributed by atoms with van der Waals surface area (Å²) >= 11 is 0. The molecule has 2 aromatic heterocycles. The molecule has 0 radical (unpaired) electrons. The highest BCUT2D eigenvalue weighted by molar-refractivity contribution is 5.76. The largest absolute Gasteiger partial charge is 0.353 e. The van der Waals surface area contributed by atoms with Gasteiger partial charge in [0.15, 0.2) is 0 Å². The quantitative estimate of drug-likeness (QED) is 0.881. The zero-order valence-electron chi connectivity index (χ0n) is 13.7. The van der Waals surface area contributed by atoms with E-state index in [0.717, 1.165) is 42.6 Å². The highest BCUT2D eigenvalue weighted by atomic mass is 16.1. The van der Waals surface area contributed by atoms with Gasteiger partial charge in [0, 0.05) is 30.6 Å². The number of hydrogen-bond donors (Lipinski definition) is 2. The molecule has 7 nitrogen and oxygen atoms in total. The van der Waals surface area contributed by atoms with Crippen molar-refractivity contribution in [3.05, 3.63) is 29.6 Å². The third-order valence-electron chi connectivity index (χ3n) is 4.86. The summed E-state index contributed by atoms with van der Waals surface area (Å²) in [6, 6.07) is 0.755. The normalized spacial score (nSPS) is 21.3. The predicted molar refractivity (Wildman–Crippen MR) is 85.8 cm³/mol. The zero-order valence-corrected chi connectivity index (χ0v) is 13.7. The lowest BCUT2D eigenvalue weighted by Gasteiger charge is -2.29. The number of aryl methyl sites for hydroxylation is 2. The molecule has 3 rings (SSSR count). The van der Waals surface area contributed by atoms with E-state index in [9.17, 15) is 4.79 Å². The van der Waals surface area contributed by atoms with Gasteiger partial charge in [-0.1, -0.05) is 0 Å². The minimum absolute atomic E-state index is 0.123. The Kier molecular flexibility index (Phi) is 4.73. The highest BCUT2D eigenvalue weighted by Gasteiger charge is 2.23. The van der Waals surface area contributed by atoms with Crippen molar-refractivity contribution in [2.24, 2.45) is 0 Å². The number of hydrogen-bond acceptors (Lipinski definition) is 4. The maximum atomic E-state index is 12.1. The van der Waals surface area contributed by atoms with E-state index in [1.54, 1.807) is 12.7 Å². The second-order valence-corrected chi connectivity index (χ2v) is 6.40. The summed E-state index contributed by atoms with van der Waals surface area (Å²) in [7, 11) is 0. The lowest BCUT2D eigenvalue weighted by Crippen LogP contribution is -2.38. The van der Waals surface area contributed by atoms with Gasteiger partial charge in [0.25, 0.3) is 0 Å². The maximum Gasteiger partial charge on any atom is 0.220 e. The molecule has 2 N–H and O–H groups in total. The van der Waals surface area contributed by atoms with E-state index in [1.807, 2.05) is 13.8 Å². The van der Waals surface area contributed by atoms with Gasteiger partial charge in [-0.05, 0) is 45.1 Å². The number of aromatic amines is 1. The van der Waals surface area contributed by atoms with E-state index in [-0.39, 0.29) is 11.9 Å². The van der Waals surface area contributed by atoms with Gasteiger partial charge in [0.2, 0.25) is 5.91 Å². The van der Waals surface area contributed by atoms with Gasteiger partial charge < -0.3 is 9.88 Å². The van der Waals surface area contributed by atoms with Crippen LogP contribution in [-0.4, -0.2) is 36.9 Å². The van der Waals surface area contributed by atoms with Gasteiger partial charge >= 0.3 is 0 Å². The van der Waals surface area contributed by atoms with Crippen molar-refractivity contribution in [1.82, 2.24) is 30.3 Å². The van der Waals surface area contributed by atoms with Gasteiger partial charge in [0.05, 0.1) is 5.69 Å². The molecule has 1 saturated carbocycles. The molecular formula is C16H24N6O. The highest BCUT2D eigenvalue weighted by Crippen LogP contribution is 2.28. The Labute approximate surface area is 135 Å². The zero-order chi connectivity index (χ0) is 16.2. The number of carbonyl (C=O) groups is 1. The number of rotatable bonds is 5. The minimum atomic E-state index is 0.123. The Balaban J connectivity index is 1.42. The summed E-state index contributed by atoms with van der Waals surface area (Å²) in [6.45, 7) is 4.04. The molecule has 0 unspecified atom stereocenters. The number of aromatic nitrogens is 5. The van der Waals surface area contributed by atoms with E-state index in [2.05, 4.69) is 30.3 Å². The van der Waals surface area contributed by atoms with Crippen LogP contribution in [0.2, 0.25) is 0 Å². The first-order chi connectivity index (χ1) is 11.1. The van der Waals surface area contributed by atoms with Crippen LogP contribution in [0.3, 0.4) is 0 Å². The number of nitrogens with one attached hydrogen (secondary N) is 2. The average Bonchev–Trinajstić information content (AvgIpc) is 3.18. The van der Waals surface area contributed by atoms with Gasteiger partial charge in [-0.2, -0.15) is 5.10 Å². The SMILES string of the molecule is Cc1[nH]nc(CCC(=O)NC2CCC(n3cnnc3)CC2)c1C. The van der Waals surface area contributed by atoms with Crippen LogP contribution in [0.4, 0.5) is 0 Å². The molecule has 1 amide bonds. The lowest BCUT2D eigenvalue weighted by atomic mass is 9.91. The van der Waals surface area contributed by atoms with Crippen LogP contribution in [0.1, 0.15) is 55.1 Å². The summed E-state index contributed by atoms with van der Waals surface area (Å²) in [5.74, 6) is 0.123. The van der Waals surface area contributed by atoms with Gasteiger partial charge in [-0.25, -0.2) is 0 Å². The predicted octanol–water partition coefficient (Wildman–Crippen LogP) is 1.85.